The number of fused-ring (bicyclic) bond motifs is 3. The van der Waals surface area contributed by atoms with Gasteiger partial charge in [-0.2, -0.15) is 0 Å². The standard InChI is InChI=1S/C30H39NO2/c1-3-13-29(33)14-15-30(19-22-9-10-22)26(20-29)8-4-6-24-17-25(11-12-27(24)30)28(32)18-23-7-5-16-31-21(23)2/h5,7,11-12,16-17,22,26,33H,3-4,6,8-10,13-15,18-20H2,1-2H3/t26-,29+,30-/m0/s1. The van der Waals surface area contributed by atoms with E-state index in [1.807, 2.05) is 19.1 Å². The van der Waals surface area contributed by atoms with Gasteiger partial charge in [0.25, 0.3) is 0 Å². The summed E-state index contributed by atoms with van der Waals surface area (Å²) in [7, 11) is 0. The average Bonchev–Trinajstić information content (AvgIpc) is 3.62. The number of aliphatic hydroxyl groups is 1. The first kappa shape index (κ1) is 22.8. The van der Waals surface area contributed by atoms with Crippen LogP contribution in [0, 0.1) is 18.8 Å². The molecule has 3 atom stereocenters. The summed E-state index contributed by atoms with van der Waals surface area (Å²) in [5, 5.41) is 11.3. The Labute approximate surface area is 199 Å². The lowest BCUT2D eigenvalue weighted by atomic mass is 9.55. The number of rotatable bonds is 7. The molecular formula is C30H39NO2. The third-order valence-corrected chi connectivity index (χ3v) is 8.94. The largest absolute Gasteiger partial charge is 0.390 e. The highest BCUT2D eigenvalue weighted by atomic mass is 16.3. The molecule has 0 spiro atoms. The molecule has 33 heavy (non-hydrogen) atoms. The number of benzene rings is 1. The van der Waals surface area contributed by atoms with Crippen LogP contribution in [0.2, 0.25) is 0 Å². The van der Waals surface area contributed by atoms with E-state index in [-0.39, 0.29) is 11.2 Å². The molecule has 0 unspecified atom stereocenters. The van der Waals surface area contributed by atoms with E-state index < -0.39 is 5.60 Å². The number of pyridine rings is 1. The van der Waals surface area contributed by atoms with Gasteiger partial charge < -0.3 is 5.11 Å². The van der Waals surface area contributed by atoms with Gasteiger partial charge in [-0.05, 0) is 104 Å². The number of aryl methyl sites for hydroxylation is 2. The summed E-state index contributed by atoms with van der Waals surface area (Å²) < 4.78 is 0. The summed E-state index contributed by atoms with van der Waals surface area (Å²) in [4.78, 5) is 17.5. The zero-order chi connectivity index (χ0) is 23.1. The maximum atomic E-state index is 13.2. The molecule has 0 amide bonds. The summed E-state index contributed by atoms with van der Waals surface area (Å²) in [5.41, 5.74) is 5.41. The molecule has 2 fully saturated rings. The van der Waals surface area contributed by atoms with Crippen LogP contribution in [0.25, 0.3) is 0 Å². The van der Waals surface area contributed by atoms with E-state index in [0.29, 0.717) is 12.3 Å². The van der Waals surface area contributed by atoms with Crippen LogP contribution in [-0.2, 0) is 18.3 Å². The number of Topliss-reactive ketones (excluding diaryl/α,β-unsaturated/α-hetero) is 1. The molecule has 3 nitrogen and oxygen atoms in total. The fourth-order valence-electron chi connectivity index (χ4n) is 7.04. The van der Waals surface area contributed by atoms with Crippen molar-refractivity contribution in [3.63, 3.8) is 0 Å². The third-order valence-electron chi connectivity index (χ3n) is 8.94. The molecule has 1 heterocycles. The van der Waals surface area contributed by atoms with Gasteiger partial charge in [0, 0.05) is 23.9 Å². The van der Waals surface area contributed by atoms with Crippen LogP contribution in [0.3, 0.4) is 0 Å². The van der Waals surface area contributed by atoms with Crippen molar-refractivity contribution in [2.45, 2.75) is 102 Å². The lowest BCUT2D eigenvalue weighted by Crippen LogP contribution is -2.48. The normalized spacial score (nSPS) is 29.1. The number of aromatic nitrogens is 1. The highest BCUT2D eigenvalue weighted by Gasteiger charge is 2.52. The zero-order valence-electron chi connectivity index (χ0n) is 20.4. The van der Waals surface area contributed by atoms with E-state index in [1.165, 1.54) is 36.8 Å². The van der Waals surface area contributed by atoms with Gasteiger partial charge in [-0.15, -0.1) is 0 Å². The van der Waals surface area contributed by atoms with Gasteiger partial charge in [0.15, 0.2) is 5.78 Å². The fraction of sp³-hybridized carbons (Fsp3) is 0.600. The van der Waals surface area contributed by atoms with Crippen molar-refractivity contribution >= 4 is 5.78 Å². The van der Waals surface area contributed by atoms with Crippen molar-refractivity contribution in [3.05, 3.63) is 64.5 Å². The van der Waals surface area contributed by atoms with Gasteiger partial charge in [-0.3, -0.25) is 9.78 Å². The van der Waals surface area contributed by atoms with E-state index in [2.05, 4.69) is 30.1 Å². The molecule has 3 aliphatic carbocycles. The molecule has 2 saturated carbocycles. The highest BCUT2D eigenvalue weighted by molar-refractivity contribution is 5.97. The van der Waals surface area contributed by atoms with Crippen LogP contribution >= 0.6 is 0 Å². The molecule has 3 heteroatoms. The second kappa shape index (κ2) is 8.98. The highest BCUT2D eigenvalue weighted by Crippen LogP contribution is 2.57. The molecule has 0 bridgehead atoms. The van der Waals surface area contributed by atoms with E-state index in [9.17, 15) is 9.90 Å². The summed E-state index contributed by atoms with van der Waals surface area (Å²) in [6.45, 7) is 4.17. The number of ketones is 1. The Morgan fingerprint density at radius 2 is 2.03 bits per heavy atom. The van der Waals surface area contributed by atoms with Gasteiger partial charge in [0.05, 0.1) is 5.60 Å². The lowest BCUT2D eigenvalue weighted by molar-refractivity contribution is -0.0562. The summed E-state index contributed by atoms with van der Waals surface area (Å²) >= 11 is 0. The number of carbonyl (C=O) groups is 1. The SMILES string of the molecule is CCC[C@@]1(O)CC[C@@]2(CC3CC3)c3ccc(C(=O)Cc4cccnc4C)cc3CCC[C@H]2C1. The second-order valence-corrected chi connectivity index (χ2v) is 11.3. The van der Waals surface area contributed by atoms with Gasteiger partial charge in [-0.25, -0.2) is 0 Å². The van der Waals surface area contributed by atoms with Crippen molar-refractivity contribution in [1.29, 1.82) is 0 Å². The van der Waals surface area contributed by atoms with Crippen LogP contribution in [0.5, 0.6) is 0 Å². The van der Waals surface area contributed by atoms with Gasteiger partial charge in [-0.1, -0.05) is 44.4 Å². The molecule has 1 N–H and O–H groups in total. The second-order valence-electron chi connectivity index (χ2n) is 11.3. The Hall–Kier alpha value is -2.00. The predicted molar refractivity (Wildman–Crippen MR) is 133 cm³/mol. The fourth-order valence-corrected chi connectivity index (χ4v) is 7.04. The Bertz CT molecular complexity index is 1030. The molecular weight excluding hydrogens is 406 g/mol. The molecule has 0 radical (unpaired) electrons. The number of hydrogen-bond acceptors (Lipinski definition) is 3. The summed E-state index contributed by atoms with van der Waals surface area (Å²) in [5.74, 6) is 1.60. The predicted octanol–water partition coefficient (Wildman–Crippen LogP) is 6.52. The van der Waals surface area contributed by atoms with Crippen LogP contribution in [0.1, 0.15) is 104 Å². The molecule has 176 valence electrons. The first-order chi connectivity index (χ1) is 15.9. The van der Waals surface area contributed by atoms with Crippen LogP contribution < -0.4 is 0 Å². The van der Waals surface area contributed by atoms with Crippen molar-refractivity contribution in [3.8, 4) is 0 Å². The Kier molecular flexibility index (Phi) is 6.20. The minimum Gasteiger partial charge on any atom is -0.390 e. The first-order valence-corrected chi connectivity index (χ1v) is 13.2. The minimum atomic E-state index is -0.478. The monoisotopic (exact) mass is 445 g/mol. The van der Waals surface area contributed by atoms with E-state index >= 15 is 0 Å². The van der Waals surface area contributed by atoms with E-state index in [1.54, 1.807) is 6.20 Å². The maximum absolute atomic E-state index is 13.2. The number of nitrogens with zero attached hydrogens (tertiary/aromatic N) is 1. The lowest BCUT2D eigenvalue weighted by Gasteiger charge is -2.51. The zero-order valence-corrected chi connectivity index (χ0v) is 20.4. The van der Waals surface area contributed by atoms with Gasteiger partial charge in [0.1, 0.15) is 0 Å². The number of carbonyl (C=O) groups excluding carboxylic acids is 1. The van der Waals surface area contributed by atoms with E-state index in [4.69, 9.17) is 0 Å². The van der Waals surface area contributed by atoms with Crippen molar-refractivity contribution in [2.24, 2.45) is 11.8 Å². The molecule has 0 aliphatic heterocycles. The maximum Gasteiger partial charge on any atom is 0.167 e. The Morgan fingerprint density at radius 3 is 2.79 bits per heavy atom. The summed E-state index contributed by atoms with van der Waals surface area (Å²) in [6, 6.07) is 10.5. The minimum absolute atomic E-state index is 0.187. The molecule has 1 aromatic heterocycles. The Morgan fingerprint density at radius 1 is 1.18 bits per heavy atom. The summed E-state index contributed by atoms with van der Waals surface area (Å²) in [6.07, 6.45) is 14.6. The van der Waals surface area contributed by atoms with Gasteiger partial charge in [0.2, 0.25) is 0 Å². The molecule has 5 rings (SSSR count). The quantitative estimate of drug-likeness (QED) is 0.494. The molecule has 2 aromatic rings. The number of hydrogen-bond donors (Lipinski definition) is 1. The average molecular weight is 446 g/mol. The van der Waals surface area contributed by atoms with Crippen molar-refractivity contribution in [2.75, 3.05) is 0 Å². The topological polar surface area (TPSA) is 50.2 Å². The van der Waals surface area contributed by atoms with Crippen molar-refractivity contribution < 1.29 is 9.90 Å². The first-order valence-electron chi connectivity index (χ1n) is 13.2. The molecule has 3 aliphatic rings. The third kappa shape index (κ3) is 4.54. The Balaban J connectivity index is 1.46. The van der Waals surface area contributed by atoms with E-state index in [0.717, 1.165) is 67.7 Å². The molecule has 1 aromatic carbocycles. The smallest absolute Gasteiger partial charge is 0.167 e. The van der Waals surface area contributed by atoms with Crippen LogP contribution in [0.4, 0.5) is 0 Å². The van der Waals surface area contributed by atoms with Gasteiger partial charge >= 0.3 is 0 Å². The van der Waals surface area contributed by atoms with Crippen LogP contribution in [-0.4, -0.2) is 21.5 Å². The molecule has 0 saturated heterocycles. The van der Waals surface area contributed by atoms with Crippen molar-refractivity contribution in [1.82, 2.24) is 4.98 Å². The van der Waals surface area contributed by atoms with Crippen LogP contribution in [0.15, 0.2) is 36.5 Å².